The molecule has 2 rings (SSSR count). The Kier molecular flexibility index (Phi) is 4.38. The van der Waals surface area contributed by atoms with Gasteiger partial charge >= 0.3 is 0 Å². The minimum Gasteiger partial charge on any atom is -0.320 e. The van der Waals surface area contributed by atoms with Crippen LogP contribution < -0.4 is 5.73 Å². The van der Waals surface area contributed by atoms with Crippen LogP contribution in [0, 0.1) is 18.6 Å². The minimum atomic E-state index is -0.869. The highest BCUT2D eigenvalue weighted by Crippen LogP contribution is 2.32. The highest BCUT2D eigenvalue weighted by atomic mass is 79.9. The molecule has 1 atom stereocenters. The molecule has 5 heteroatoms. The van der Waals surface area contributed by atoms with Gasteiger partial charge in [-0.3, -0.25) is 0 Å². The normalized spacial score (nSPS) is 12.5. The average Bonchev–Trinajstić information content (AvgIpc) is 2.37. The summed E-state index contributed by atoms with van der Waals surface area (Å²) in [7, 11) is 0. The van der Waals surface area contributed by atoms with Gasteiger partial charge in [-0.15, -0.1) is 0 Å². The smallest absolute Gasteiger partial charge is 0.145 e. The Morgan fingerprint density at radius 1 is 1.05 bits per heavy atom. The van der Waals surface area contributed by atoms with E-state index >= 15 is 0 Å². The summed E-state index contributed by atoms with van der Waals surface area (Å²) in [5, 5.41) is 0. The molecule has 2 aromatic carbocycles. The summed E-state index contributed by atoms with van der Waals surface area (Å²) in [5.41, 5.74) is 7.51. The number of hydrogen-bond acceptors (Lipinski definition) is 1. The van der Waals surface area contributed by atoms with Gasteiger partial charge in [0.25, 0.3) is 0 Å². The van der Waals surface area contributed by atoms with Crippen LogP contribution in [-0.2, 0) is 0 Å². The predicted octanol–water partition coefficient (Wildman–Crippen LogP) is 4.85. The van der Waals surface area contributed by atoms with E-state index in [1.165, 1.54) is 12.1 Å². The summed E-state index contributed by atoms with van der Waals surface area (Å²) in [6.07, 6.45) is 0. The van der Waals surface area contributed by atoms with E-state index in [4.69, 9.17) is 5.73 Å². The van der Waals surface area contributed by atoms with Crippen LogP contribution in [0.25, 0.3) is 0 Å². The van der Waals surface area contributed by atoms with Crippen molar-refractivity contribution >= 4 is 31.9 Å². The lowest BCUT2D eigenvalue weighted by Gasteiger charge is -2.17. The van der Waals surface area contributed by atoms with E-state index in [1.54, 1.807) is 0 Å². The molecule has 19 heavy (non-hydrogen) atoms. The highest BCUT2D eigenvalue weighted by molar-refractivity contribution is 9.10. The van der Waals surface area contributed by atoms with Crippen LogP contribution in [-0.4, -0.2) is 0 Å². The molecule has 0 saturated carbocycles. The molecule has 1 unspecified atom stereocenters. The summed E-state index contributed by atoms with van der Waals surface area (Å²) in [4.78, 5) is 0. The topological polar surface area (TPSA) is 26.0 Å². The molecule has 0 bridgehead atoms. The maximum absolute atomic E-state index is 14.0. The molecule has 0 aliphatic rings. The first-order valence-corrected chi connectivity index (χ1v) is 7.15. The van der Waals surface area contributed by atoms with Gasteiger partial charge in [0.2, 0.25) is 0 Å². The van der Waals surface area contributed by atoms with Gasteiger partial charge < -0.3 is 5.73 Å². The third kappa shape index (κ3) is 2.88. The SMILES string of the molecule is Cc1ccc(Br)c(C(N)c2c(F)ccc(Br)c2F)c1. The van der Waals surface area contributed by atoms with Gasteiger partial charge in [-0.25, -0.2) is 8.78 Å². The molecular weight excluding hydrogens is 380 g/mol. The van der Waals surface area contributed by atoms with Crippen LogP contribution in [0.4, 0.5) is 8.78 Å². The molecule has 0 aromatic heterocycles. The van der Waals surface area contributed by atoms with Crippen molar-refractivity contribution < 1.29 is 8.78 Å². The fourth-order valence-corrected chi connectivity index (χ4v) is 2.72. The summed E-state index contributed by atoms with van der Waals surface area (Å²) in [6, 6.07) is 7.19. The van der Waals surface area contributed by atoms with Gasteiger partial charge in [-0.05, 0) is 46.6 Å². The maximum atomic E-state index is 14.0. The molecule has 0 radical (unpaired) electrons. The molecular formula is C14H11Br2F2N. The molecule has 0 fully saturated rings. The molecule has 0 saturated heterocycles. The fraction of sp³-hybridized carbons (Fsp3) is 0.143. The largest absolute Gasteiger partial charge is 0.320 e. The summed E-state index contributed by atoms with van der Waals surface area (Å²) < 4.78 is 28.8. The van der Waals surface area contributed by atoms with Crippen LogP contribution in [0.3, 0.4) is 0 Å². The molecule has 2 aromatic rings. The Morgan fingerprint density at radius 3 is 2.37 bits per heavy atom. The van der Waals surface area contributed by atoms with Crippen molar-refractivity contribution in [3.8, 4) is 0 Å². The number of benzene rings is 2. The first-order valence-electron chi connectivity index (χ1n) is 5.57. The summed E-state index contributed by atoms with van der Waals surface area (Å²) in [5.74, 6) is -1.32. The van der Waals surface area contributed by atoms with Crippen LogP contribution in [0.5, 0.6) is 0 Å². The Bertz CT molecular complexity index is 629. The summed E-state index contributed by atoms with van der Waals surface area (Å²) >= 11 is 6.40. The zero-order valence-electron chi connectivity index (χ0n) is 10.1. The van der Waals surface area contributed by atoms with Crippen LogP contribution >= 0.6 is 31.9 Å². The van der Waals surface area contributed by atoms with Crippen molar-refractivity contribution in [2.24, 2.45) is 5.73 Å². The van der Waals surface area contributed by atoms with Gasteiger partial charge in [0.1, 0.15) is 11.6 Å². The van der Waals surface area contributed by atoms with E-state index in [2.05, 4.69) is 31.9 Å². The van der Waals surface area contributed by atoms with Crippen molar-refractivity contribution in [1.82, 2.24) is 0 Å². The van der Waals surface area contributed by atoms with Gasteiger partial charge in [0.05, 0.1) is 10.5 Å². The van der Waals surface area contributed by atoms with E-state index in [-0.39, 0.29) is 10.0 Å². The first kappa shape index (κ1) is 14.6. The van der Waals surface area contributed by atoms with Crippen molar-refractivity contribution in [1.29, 1.82) is 0 Å². The standard InChI is InChI=1S/C14H11Br2F2N/c1-7-2-3-9(15)8(6-7)14(19)12-11(17)5-4-10(16)13(12)18/h2-6,14H,19H2,1H3. The summed E-state index contributed by atoms with van der Waals surface area (Å²) in [6.45, 7) is 1.90. The van der Waals surface area contributed by atoms with Crippen LogP contribution in [0.1, 0.15) is 22.7 Å². The maximum Gasteiger partial charge on any atom is 0.145 e. The monoisotopic (exact) mass is 389 g/mol. The number of rotatable bonds is 2. The first-order chi connectivity index (χ1) is 8.91. The number of hydrogen-bond donors (Lipinski definition) is 1. The second-order valence-corrected chi connectivity index (χ2v) is 5.97. The van der Waals surface area contributed by atoms with Crippen molar-refractivity contribution in [3.05, 3.63) is 67.6 Å². The van der Waals surface area contributed by atoms with Crippen molar-refractivity contribution in [3.63, 3.8) is 0 Å². The quantitative estimate of drug-likeness (QED) is 0.729. The Balaban J connectivity index is 2.59. The van der Waals surface area contributed by atoms with E-state index in [1.807, 2.05) is 25.1 Å². The van der Waals surface area contributed by atoms with Gasteiger partial charge in [0.15, 0.2) is 0 Å². The van der Waals surface area contributed by atoms with Crippen molar-refractivity contribution in [2.75, 3.05) is 0 Å². The Labute approximate surface area is 127 Å². The Hall–Kier alpha value is -0.780. The molecule has 0 amide bonds. The molecule has 0 aliphatic heterocycles. The Morgan fingerprint density at radius 2 is 1.68 bits per heavy atom. The van der Waals surface area contributed by atoms with E-state index in [9.17, 15) is 8.78 Å². The molecule has 100 valence electrons. The fourth-order valence-electron chi connectivity index (χ4n) is 1.88. The second-order valence-electron chi connectivity index (χ2n) is 4.26. The van der Waals surface area contributed by atoms with Gasteiger partial charge in [-0.2, -0.15) is 0 Å². The number of aryl methyl sites for hydroxylation is 1. The average molecular weight is 391 g/mol. The van der Waals surface area contributed by atoms with Crippen LogP contribution in [0.2, 0.25) is 0 Å². The van der Waals surface area contributed by atoms with E-state index in [0.29, 0.717) is 5.56 Å². The molecule has 2 N–H and O–H groups in total. The zero-order chi connectivity index (χ0) is 14.2. The molecule has 0 heterocycles. The van der Waals surface area contributed by atoms with E-state index < -0.39 is 17.7 Å². The predicted molar refractivity (Wildman–Crippen MR) is 79.0 cm³/mol. The van der Waals surface area contributed by atoms with Crippen LogP contribution in [0.15, 0.2) is 39.3 Å². The lowest BCUT2D eigenvalue weighted by molar-refractivity contribution is 0.539. The minimum absolute atomic E-state index is 0.138. The zero-order valence-corrected chi connectivity index (χ0v) is 13.2. The molecule has 1 nitrogen and oxygen atoms in total. The highest BCUT2D eigenvalue weighted by Gasteiger charge is 2.22. The number of halogens is 4. The lowest BCUT2D eigenvalue weighted by atomic mass is 9.97. The molecule has 0 aliphatic carbocycles. The van der Waals surface area contributed by atoms with Gasteiger partial charge in [0, 0.05) is 10.0 Å². The van der Waals surface area contributed by atoms with Gasteiger partial charge in [-0.1, -0.05) is 33.6 Å². The third-order valence-corrected chi connectivity index (χ3v) is 4.21. The number of nitrogens with two attached hydrogens (primary N) is 1. The van der Waals surface area contributed by atoms with Crippen molar-refractivity contribution in [2.45, 2.75) is 13.0 Å². The second kappa shape index (κ2) is 5.69. The third-order valence-electron chi connectivity index (χ3n) is 2.88. The van der Waals surface area contributed by atoms with E-state index in [0.717, 1.165) is 10.0 Å². The molecule has 0 spiro atoms. The lowest BCUT2D eigenvalue weighted by Crippen LogP contribution is -2.16.